The van der Waals surface area contributed by atoms with Crippen molar-refractivity contribution in [1.82, 2.24) is 4.57 Å². The Morgan fingerprint density at radius 3 is 2.55 bits per heavy atom. The largest absolute Gasteiger partial charge is 0.491 e. The smallest absolute Gasteiger partial charge is 0.341 e. The highest BCUT2D eigenvalue weighted by molar-refractivity contribution is 5.94. The van der Waals surface area contributed by atoms with Crippen LogP contribution in [-0.4, -0.2) is 21.7 Å². The van der Waals surface area contributed by atoms with Gasteiger partial charge in [0.25, 0.3) is 0 Å². The summed E-state index contributed by atoms with van der Waals surface area (Å²) in [5.41, 5.74) is 0.458. The number of carbonyl (C=O) groups is 1. The first kappa shape index (κ1) is 14.1. The van der Waals surface area contributed by atoms with Gasteiger partial charge in [-0.1, -0.05) is 0 Å². The third kappa shape index (κ3) is 2.27. The van der Waals surface area contributed by atoms with Gasteiger partial charge in [-0.2, -0.15) is 0 Å². The van der Waals surface area contributed by atoms with E-state index in [9.17, 15) is 14.7 Å². The Balaban J connectivity index is 2.81. The summed E-state index contributed by atoms with van der Waals surface area (Å²) in [5, 5.41) is 9.56. The minimum absolute atomic E-state index is 0.0132. The second kappa shape index (κ2) is 5.00. The number of benzene rings is 1. The molecular formula is C15H17NO4. The standard InChI is InChI=1S/C15H17NO4/c1-8(2)20-10-5-6-12-11(7-10)14(17)13(15(18)19)9(3)16(12)4/h5-8H,1-4H3,(H,18,19). The topological polar surface area (TPSA) is 68.5 Å². The van der Waals surface area contributed by atoms with E-state index in [2.05, 4.69) is 0 Å². The number of ether oxygens (including phenoxy) is 1. The SMILES string of the molecule is Cc1c(C(=O)O)c(=O)c2cc(OC(C)C)ccc2n1C. The summed E-state index contributed by atoms with van der Waals surface area (Å²) in [6.45, 7) is 5.41. The van der Waals surface area contributed by atoms with Gasteiger partial charge in [-0.3, -0.25) is 4.79 Å². The number of nitrogens with zero attached hydrogens (tertiary/aromatic N) is 1. The first-order valence-electron chi connectivity index (χ1n) is 6.36. The molecular weight excluding hydrogens is 258 g/mol. The molecule has 1 heterocycles. The van der Waals surface area contributed by atoms with E-state index in [0.29, 0.717) is 22.3 Å². The van der Waals surface area contributed by atoms with Gasteiger partial charge in [0.2, 0.25) is 5.43 Å². The molecule has 5 heteroatoms. The summed E-state index contributed by atoms with van der Waals surface area (Å²) in [6, 6.07) is 5.15. The average Bonchev–Trinajstić information content (AvgIpc) is 2.35. The van der Waals surface area contributed by atoms with E-state index in [0.717, 1.165) is 0 Å². The number of hydrogen-bond donors (Lipinski definition) is 1. The summed E-state index contributed by atoms with van der Waals surface area (Å²) in [4.78, 5) is 23.6. The van der Waals surface area contributed by atoms with Gasteiger partial charge in [-0.25, -0.2) is 4.79 Å². The average molecular weight is 275 g/mol. The molecule has 0 aliphatic carbocycles. The van der Waals surface area contributed by atoms with Crippen molar-refractivity contribution in [1.29, 1.82) is 0 Å². The minimum Gasteiger partial charge on any atom is -0.491 e. The van der Waals surface area contributed by atoms with Crippen LogP contribution in [0, 0.1) is 6.92 Å². The fourth-order valence-corrected chi connectivity index (χ4v) is 2.23. The number of aryl methyl sites for hydroxylation is 1. The Bertz CT molecular complexity index is 744. The fourth-order valence-electron chi connectivity index (χ4n) is 2.23. The second-order valence-corrected chi connectivity index (χ2v) is 5.00. The number of aromatic carboxylic acids is 1. The second-order valence-electron chi connectivity index (χ2n) is 5.00. The Labute approximate surface area is 116 Å². The van der Waals surface area contributed by atoms with Crippen molar-refractivity contribution in [3.05, 3.63) is 39.7 Å². The number of fused-ring (bicyclic) bond motifs is 1. The van der Waals surface area contributed by atoms with Crippen LogP contribution < -0.4 is 10.2 Å². The van der Waals surface area contributed by atoms with Gasteiger partial charge >= 0.3 is 5.97 Å². The minimum atomic E-state index is -1.21. The van der Waals surface area contributed by atoms with Crippen LogP contribution in [0.3, 0.4) is 0 Å². The summed E-state index contributed by atoms with van der Waals surface area (Å²) in [5.74, 6) is -0.648. The molecule has 5 nitrogen and oxygen atoms in total. The number of hydrogen-bond acceptors (Lipinski definition) is 3. The van der Waals surface area contributed by atoms with Crippen molar-refractivity contribution >= 4 is 16.9 Å². The molecule has 2 aromatic rings. The Morgan fingerprint density at radius 2 is 2.00 bits per heavy atom. The van der Waals surface area contributed by atoms with Gasteiger partial charge in [0.05, 0.1) is 17.0 Å². The van der Waals surface area contributed by atoms with Gasteiger partial charge in [-0.15, -0.1) is 0 Å². The van der Waals surface area contributed by atoms with Crippen LogP contribution in [0.4, 0.5) is 0 Å². The zero-order valence-corrected chi connectivity index (χ0v) is 11.9. The van der Waals surface area contributed by atoms with Crippen LogP contribution >= 0.6 is 0 Å². The number of carboxylic acid groups (broad SMARTS) is 1. The van der Waals surface area contributed by atoms with Crippen LogP contribution in [0.15, 0.2) is 23.0 Å². The van der Waals surface area contributed by atoms with E-state index in [1.54, 1.807) is 36.7 Å². The molecule has 0 amide bonds. The van der Waals surface area contributed by atoms with E-state index in [1.165, 1.54) is 0 Å². The molecule has 0 radical (unpaired) electrons. The molecule has 1 aromatic heterocycles. The van der Waals surface area contributed by atoms with Crippen molar-refractivity contribution in [2.24, 2.45) is 7.05 Å². The lowest BCUT2D eigenvalue weighted by atomic mass is 10.1. The van der Waals surface area contributed by atoms with Crippen LogP contribution in [-0.2, 0) is 7.05 Å². The lowest BCUT2D eigenvalue weighted by Crippen LogP contribution is -2.21. The van der Waals surface area contributed by atoms with E-state index in [1.807, 2.05) is 13.8 Å². The lowest BCUT2D eigenvalue weighted by molar-refractivity contribution is 0.0694. The first-order chi connectivity index (χ1) is 9.32. The molecule has 20 heavy (non-hydrogen) atoms. The molecule has 0 atom stereocenters. The third-order valence-electron chi connectivity index (χ3n) is 3.25. The van der Waals surface area contributed by atoms with E-state index in [4.69, 9.17) is 4.74 Å². The quantitative estimate of drug-likeness (QED) is 0.933. The summed E-state index contributed by atoms with van der Waals surface area (Å²) < 4.78 is 7.26. The van der Waals surface area contributed by atoms with E-state index >= 15 is 0 Å². The van der Waals surface area contributed by atoms with Crippen LogP contribution in [0.1, 0.15) is 29.9 Å². The van der Waals surface area contributed by atoms with Gasteiger partial charge in [0.15, 0.2) is 0 Å². The molecule has 2 rings (SSSR count). The molecule has 0 saturated heterocycles. The highest BCUT2D eigenvalue weighted by atomic mass is 16.5. The fraction of sp³-hybridized carbons (Fsp3) is 0.333. The summed E-state index contributed by atoms with van der Waals surface area (Å²) in [7, 11) is 1.74. The molecule has 106 valence electrons. The maximum Gasteiger partial charge on any atom is 0.341 e. The lowest BCUT2D eigenvalue weighted by Gasteiger charge is -2.14. The van der Waals surface area contributed by atoms with Crippen molar-refractivity contribution in [2.45, 2.75) is 26.9 Å². The van der Waals surface area contributed by atoms with Crippen molar-refractivity contribution in [2.75, 3.05) is 0 Å². The normalized spacial score (nSPS) is 11.1. The maximum absolute atomic E-state index is 12.3. The van der Waals surface area contributed by atoms with Gasteiger partial charge in [0.1, 0.15) is 11.3 Å². The Hall–Kier alpha value is -2.30. The Kier molecular flexibility index (Phi) is 3.53. The molecule has 0 bridgehead atoms. The third-order valence-corrected chi connectivity index (χ3v) is 3.25. The van der Waals surface area contributed by atoms with Crippen LogP contribution in [0.5, 0.6) is 5.75 Å². The van der Waals surface area contributed by atoms with E-state index < -0.39 is 11.4 Å². The summed E-state index contributed by atoms with van der Waals surface area (Å²) in [6.07, 6.45) is -0.0132. The number of rotatable bonds is 3. The van der Waals surface area contributed by atoms with E-state index in [-0.39, 0.29) is 11.7 Å². The predicted octanol–water partition coefficient (Wildman–Crippen LogP) is 2.33. The number of aromatic nitrogens is 1. The maximum atomic E-state index is 12.3. The number of carboxylic acids is 1. The zero-order chi connectivity index (χ0) is 15.0. The van der Waals surface area contributed by atoms with Crippen molar-refractivity contribution in [3.63, 3.8) is 0 Å². The summed E-state index contributed by atoms with van der Waals surface area (Å²) >= 11 is 0. The van der Waals surface area contributed by atoms with Crippen molar-refractivity contribution in [3.8, 4) is 5.75 Å². The molecule has 0 unspecified atom stereocenters. The number of pyridine rings is 1. The zero-order valence-electron chi connectivity index (χ0n) is 11.9. The highest BCUT2D eigenvalue weighted by Gasteiger charge is 2.18. The highest BCUT2D eigenvalue weighted by Crippen LogP contribution is 2.21. The van der Waals surface area contributed by atoms with Crippen LogP contribution in [0.25, 0.3) is 10.9 Å². The Morgan fingerprint density at radius 1 is 1.35 bits per heavy atom. The molecule has 0 spiro atoms. The molecule has 0 aliphatic heterocycles. The first-order valence-corrected chi connectivity index (χ1v) is 6.36. The van der Waals surface area contributed by atoms with Gasteiger partial charge in [0, 0.05) is 12.7 Å². The van der Waals surface area contributed by atoms with Gasteiger partial charge < -0.3 is 14.4 Å². The molecule has 0 saturated carbocycles. The monoisotopic (exact) mass is 275 g/mol. The molecule has 1 N–H and O–H groups in total. The van der Waals surface area contributed by atoms with Crippen LogP contribution in [0.2, 0.25) is 0 Å². The van der Waals surface area contributed by atoms with Crippen molar-refractivity contribution < 1.29 is 14.6 Å². The predicted molar refractivity (Wildman–Crippen MR) is 76.6 cm³/mol. The molecule has 1 aromatic carbocycles. The van der Waals surface area contributed by atoms with Gasteiger partial charge in [-0.05, 0) is 39.0 Å². The molecule has 0 fully saturated rings. The molecule has 0 aliphatic rings.